The van der Waals surface area contributed by atoms with Gasteiger partial charge >= 0.3 is 0 Å². The van der Waals surface area contributed by atoms with E-state index in [2.05, 4.69) is 43.3 Å². The normalized spacial score (nSPS) is 23.5. The monoisotopic (exact) mass is 322 g/mol. The number of hydrogen-bond donors (Lipinski definition) is 1. The van der Waals surface area contributed by atoms with Crippen molar-refractivity contribution < 1.29 is 4.52 Å². The molecule has 0 aliphatic carbocycles. The molecule has 2 atom stereocenters. The minimum absolute atomic E-state index is 0.359. The van der Waals surface area contributed by atoms with Gasteiger partial charge in [0.25, 0.3) is 0 Å². The summed E-state index contributed by atoms with van der Waals surface area (Å²) < 4.78 is 6.32. The van der Waals surface area contributed by atoms with Crippen molar-refractivity contribution in [1.29, 1.82) is 0 Å². The molecule has 0 aromatic carbocycles. The molecule has 0 radical (unpaired) electrons. The minimum Gasteiger partial charge on any atom is -0.339 e. The first-order chi connectivity index (χ1) is 9.22. The zero-order chi connectivity index (χ0) is 13.2. The lowest BCUT2D eigenvalue weighted by molar-refractivity contribution is 0.295. The second kappa shape index (κ2) is 5.38. The molecular formula is C13H15BrN4O. The average molecular weight is 323 g/mol. The highest BCUT2D eigenvalue weighted by atomic mass is 79.9. The van der Waals surface area contributed by atoms with Crippen LogP contribution in [0.15, 0.2) is 27.5 Å². The van der Waals surface area contributed by atoms with Gasteiger partial charge in [-0.15, -0.1) is 0 Å². The van der Waals surface area contributed by atoms with E-state index in [0.29, 0.717) is 17.8 Å². The number of piperidine rings is 1. The molecule has 19 heavy (non-hydrogen) atoms. The second-order valence-corrected chi connectivity index (χ2v) is 5.84. The maximum atomic E-state index is 5.41. The van der Waals surface area contributed by atoms with E-state index in [1.54, 1.807) is 12.4 Å². The van der Waals surface area contributed by atoms with E-state index in [1.807, 2.05) is 6.07 Å². The van der Waals surface area contributed by atoms with Crippen molar-refractivity contribution in [2.75, 3.05) is 6.54 Å². The molecule has 100 valence electrons. The van der Waals surface area contributed by atoms with Gasteiger partial charge in [0.05, 0.1) is 0 Å². The van der Waals surface area contributed by atoms with Crippen LogP contribution in [0.25, 0.3) is 11.4 Å². The summed E-state index contributed by atoms with van der Waals surface area (Å²) in [7, 11) is 0. The van der Waals surface area contributed by atoms with E-state index in [9.17, 15) is 0 Å². The Morgan fingerprint density at radius 1 is 1.42 bits per heavy atom. The van der Waals surface area contributed by atoms with Gasteiger partial charge < -0.3 is 9.84 Å². The van der Waals surface area contributed by atoms with Crippen molar-refractivity contribution in [2.45, 2.75) is 31.7 Å². The van der Waals surface area contributed by atoms with Gasteiger partial charge in [0, 0.05) is 34.4 Å². The number of rotatable bonds is 2. The Kier molecular flexibility index (Phi) is 3.61. The maximum Gasteiger partial charge on any atom is 0.230 e. The maximum absolute atomic E-state index is 5.41. The third-order valence-corrected chi connectivity index (χ3v) is 3.81. The number of hydrogen-bond acceptors (Lipinski definition) is 5. The van der Waals surface area contributed by atoms with E-state index in [1.165, 1.54) is 0 Å². The summed E-state index contributed by atoms with van der Waals surface area (Å²) in [6, 6.07) is 2.44. The van der Waals surface area contributed by atoms with E-state index in [4.69, 9.17) is 4.52 Å². The number of aromatic nitrogens is 3. The van der Waals surface area contributed by atoms with Crippen LogP contribution in [0, 0.1) is 0 Å². The molecule has 1 saturated heterocycles. The Morgan fingerprint density at radius 3 is 3.11 bits per heavy atom. The van der Waals surface area contributed by atoms with Crippen LogP contribution >= 0.6 is 15.9 Å². The largest absolute Gasteiger partial charge is 0.339 e. The summed E-state index contributed by atoms with van der Waals surface area (Å²) in [5.74, 6) is 1.70. The first-order valence-electron chi connectivity index (χ1n) is 6.40. The Morgan fingerprint density at radius 2 is 2.32 bits per heavy atom. The van der Waals surface area contributed by atoms with E-state index in [-0.39, 0.29) is 0 Å². The molecule has 0 saturated carbocycles. The van der Waals surface area contributed by atoms with Crippen LogP contribution in [0.2, 0.25) is 0 Å². The predicted octanol–water partition coefficient (Wildman–Crippen LogP) is 2.75. The molecule has 2 unspecified atom stereocenters. The highest BCUT2D eigenvalue weighted by Crippen LogP contribution is 2.28. The van der Waals surface area contributed by atoms with Crippen LogP contribution in [-0.4, -0.2) is 27.7 Å². The smallest absolute Gasteiger partial charge is 0.230 e. The summed E-state index contributed by atoms with van der Waals surface area (Å²) >= 11 is 3.39. The molecule has 3 rings (SSSR count). The van der Waals surface area contributed by atoms with Crippen molar-refractivity contribution in [1.82, 2.24) is 20.4 Å². The van der Waals surface area contributed by atoms with Crippen LogP contribution in [0.4, 0.5) is 0 Å². The van der Waals surface area contributed by atoms with Gasteiger partial charge in [0.1, 0.15) is 0 Å². The Balaban J connectivity index is 1.83. The topological polar surface area (TPSA) is 63.8 Å². The number of nitrogens with one attached hydrogen (secondary N) is 1. The second-order valence-electron chi connectivity index (χ2n) is 4.92. The third-order valence-electron chi connectivity index (χ3n) is 3.38. The molecule has 6 heteroatoms. The molecule has 0 bridgehead atoms. The molecule has 2 aromatic rings. The van der Waals surface area contributed by atoms with Gasteiger partial charge in [-0.2, -0.15) is 4.98 Å². The lowest BCUT2D eigenvalue weighted by atomic mass is 9.93. The van der Waals surface area contributed by atoms with Crippen molar-refractivity contribution in [3.05, 3.63) is 28.8 Å². The number of nitrogens with zero attached hydrogens (tertiary/aromatic N) is 3. The molecule has 1 aliphatic rings. The first kappa shape index (κ1) is 12.7. The molecule has 3 heterocycles. The lowest BCUT2D eigenvalue weighted by Gasteiger charge is -2.25. The van der Waals surface area contributed by atoms with E-state index in [0.717, 1.165) is 35.3 Å². The van der Waals surface area contributed by atoms with Crippen LogP contribution in [0.3, 0.4) is 0 Å². The van der Waals surface area contributed by atoms with Crippen LogP contribution in [-0.2, 0) is 0 Å². The molecular weight excluding hydrogens is 308 g/mol. The Bertz CT molecular complexity index is 571. The van der Waals surface area contributed by atoms with Crippen LogP contribution in [0.5, 0.6) is 0 Å². The van der Waals surface area contributed by atoms with Crippen LogP contribution < -0.4 is 5.32 Å². The quantitative estimate of drug-likeness (QED) is 0.921. The third kappa shape index (κ3) is 2.84. The van der Waals surface area contributed by atoms with Crippen LogP contribution in [0.1, 0.15) is 31.6 Å². The summed E-state index contributed by atoms with van der Waals surface area (Å²) in [4.78, 5) is 8.63. The summed E-state index contributed by atoms with van der Waals surface area (Å²) in [6.07, 6.45) is 5.56. The van der Waals surface area contributed by atoms with Crippen molar-refractivity contribution >= 4 is 15.9 Å². The van der Waals surface area contributed by atoms with Crippen molar-refractivity contribution in [3.8, 4) is 11.4 Å². The highest BCUT2D eigenvalue weighted by molar-refractivity contribution is 9.10. The standard InChI is InChI=1S/C13H15BrN4O/c1-8-4-9(2-3-16-8)13-17-12(18-19-13)10-5-11(14)7-15-6-10/h5-9,16H,2-4H2,1H3. The Labute approximate surface area is 119 Å². The molecule has 1 N–H and O–H groups in total. The highest BCUT2D eigenvalue weighted by Gasteiger charge is 2.25. The van der Waals surface area contributed by atoms with Gasteiger partial charge in [-0.1, -0.05) is 5.16 Å². The number of pyridine rings is 1. The molecule has 0 amide bonds. The van der Waals surface area contributed by atoms with E-state index < -0.39 is 0 Å². The average Bonchev–Trinajstić information content (AvgIpc) is 2.88. The molecule has 1 fully saturated rings. The summed E-state index contributed by atoms with van der Waals surface area (Å²) in [6.45, 7) is 3.18. The molecule has 1 aliphatic heterocycles. The van der Waals surface area contributed by atoms with Gasteiger partial charge in [-0.3, -0.25) is 4.98 Å². The van der Waals surface area contributed by atoms with E-state index >= 15 is 0 Å². The fourth-order valence-corrected chi connectivity index (χ4v) is 2.77. The molecule has 5 nitrogen and oxygen atoms in total. The Hall–Kier alpha value is -1.27. The van der Waals surface area contributed by atoms with Crippen molar-refractivity contribution in [3.63, 3.8) is 0 Å². The lowest BCUT2D eigenvalue weighted by Crippen LogP contribution is -2.34. The van der Waals surface area contributed by atoms with Gasteiger partial charge in [-0.05, 0) is 48.3 Å². The van der Waals surface area contributed by atoms with Gasteiger partial charge in [0.2, 0.25) is 11.7 Å². The predicted molar refractivity (Wildman–Crippen MR) is 74.7 cm³/mol. The fourth-order valence-electron chi connectivity index (χ4n) is 2.41. The SMILES string of the molecule is CC1CC(c2nc(-c3cncc(Br)c3)no2)CCN1. The summed E-state index contributed by atoms with van der Waals surface area (Å²) in [5, 5.41) is 7.48. The van der Waals surface area contributed by atoms with Crippen molar-refractivity contribution in [2.24, 2.45) is 0 Å². The minimum atomic E-state index is 0.359. The zero-order valence-electron chi connectivity index (χ0n) is 10.6. The summed E-state index contributed by atoms with van der Waals surface area (Å²) in [5.41, 5.74) is 0.867. The molecule has 0 spiro atoms. The van der Waals surface area contributed by atoms with Gasteiger partial charge in [-0.25, -0.2) is 0 Å². The zero-order valence-corrected chi connectivity index (χ0v) is 12.2. The van der Waals surface area contributed by atoms with Gasteiger partial charge in [0.15, 0.2) is 0 Å². The first-order valence-corrected chi connectivity index (χ1v) is 7.19. The fraction of sp³-hybridized carbons (Fsp3) is 0.462. The number of halogens is 1. The molecule has 2 aromatic heterocycles.